The van der Waals surface area contributed by atoms with E-state index in [1.165, 1.54) is 5.56 Å². The van der Waals surface area contributed by atoms with Crippen molar-refractivity contribution in [3.05, 3.63) is 47.2 Å². The van der Waals surface area contributed by atoms with Gasteiger partial charge in [0, 0.05) is 11.7 Å². The molecule has 23 heavy (non-hydrogen) atoms. The molecule has 1 aromatic heterocycles. The van der Waals surface area contributed by atoms with Gasteiger partial charge in [0.05, 0.1) is 0 Å². The van der Waals surface area contributed by atoms with Crippen molar-refractivity contribution in [3.8, 4) is 0 Å². The lowest BCUT2D eigenvalue weighted by atomic mass is 9.98. The van der Waals surface area contributed by atoms with Crippen molar-refractivity contribution >= 4 is 17.4 Å². The van der Waals surface area contributed by atoms with Crippen molar-refractivity contribution in [2.75, 3.05) is 5.32 Å². The molecule has 0 saturated carbocycles. The molecule has 0 aliphatic carbocycles. The van der Waals surface area contributed by atoms with Crippen molar-refractivity contribution in [2.45, 2.75) is 46.6 Å². The number of benzene rings is 1. The van der Waals surface area contributed by atoms with Crippen LogP contribution in [-0.4, -0.2) is 22.1 Å². The molecule has 0 saturated heterocycles. The number of hydrogen-bond donors (Lipinski definition) is 2. The fourth-order valence-corrected chi connectivity index (χ4v) is 2.33. The fraction of sp³-hybridized carbons (Fsp3) is 0.389. The molecular formula is C18H24N4O. The number of hydrogen-bond acceptors (Lipinski definition) is 4. The molecule has 0 radical (unpaired) electrons. The number of nitrogens with zero attached hydrogens (tertiary/aromatic N) is 2. The number of carbonyl (C=O) groups excluding carboxylic acids is 1. The molecule has 2 rings (SSSR count). The first-order valence-electron chi connectivity index (χ1n) is 7.89. The summed E-state index contributed by atoms with van der Waals surface area (Å²) in [4.78, 5) is 11.9. The van der Waals surface area contributed by atoms with Crippen molar-refractivity contribution in [3.63, 3.8) is 0 Å². The first-order valence-corrected chi connectivity index (χ1v) is 7.89. The van der Waals surface area contributed by atoms with Crippen molar-refractivity contribution in [1.82, 2.24) is 15.5 Å². The quantitative estimate of drug-likeness (QED) is 0.881. The van der Waals surface area contributed by atoms with Crippen LogP contribution in [0, 0.1) is 6.92 Å². The number of para-hydroxylation sites is 1. The topological polar surface area (TPSA) is 66.9 Å². The standard InChI is InChI=1S/C18H24N4O/c1-11(2)14-8-6-7-13(5)17(14)20-16-10-9-15(21-22-16)18(23)19-12(3)4/h6-12H,1-5H3,(H,19,23)(H,20,22). The number of rotatable bonds is 5. The van der Waals surface area contributed by atoms with Crippen LogP contribution < -0.4 is 10.6 Å². The van der Waals surface area contributed by atoms with E-state index in [4.69, 9.17) is 0 Å². The van der Waals surface area contributed by atoms with Gasteiger partial charge in [0.25, 0.3) is 5.91 Å². The molecule has 1 heterocycles. The number of amides is 1. The van der Waals surface area contributed by atoms with Crippen LogP contribution in [0.3, 0.4) is 0 Å². The lowest BCUT2D eigenvalue weighted by Crippen LogP contribution is -2.30. The molecule has 0 fully saturated rings. The zero-order chi connectivity index (χ0) is 17.0. The molecule has 0 spiro atoms. The lowest BCUT2D eigenvalue weighted by molar-refractivity contribution is 0.0937. The van der Waals surface area contributed by atoms with Gasteiger partial charge in [0.2, 0.25) is 0 Å². The SMILES string of the molecule is Cc1cccc(C(C)C)c1Nc1ccc(C(=O)NC(C)C)nn1. The molecule has 5 heteroatoms. The Kier molecular flexibility index (Phi) is 5.32. The molecule has 2 N–H and O–H groups in total. The lowest BCUT2D eigenvalue weighted by Gasteiger charge is -2.16. The van der Waals surface area contributed by atoms with Crippen LogP contribution in [0.1, 0.15) is 55.2 Å². The predicted octanol–water partition coefficient (Wildman–Crippen LogP) is 3.79. The third-order valence-electron chi connectivity index (χ3n) is 3.50. The van der Waals surface area contributed by atoms with Gasteiger partial charge in [-0.2, -0.15) is 0 Å². The Bertz CT molecular complexity index is 678. The van der Waals surface area contributed by atoms with E-state index in [1.807, 2.05) is 13.8 Å². The monoisotopic (exact) mass is 312 g/mol. The Morgan fingerprint density at radius 2 is 1.78 bits per heavy atom. The minimum atomic E-state index is -0.210. The molecule has 1 aromatic carbocycles. The molecule has 1 amide bonds. The third kappa shape index (κ3) is 4.28. The van der Waals surface area contributed by atoms with Crippen LogP contribution >= 0.6 is 0 Å². The van der Waals surface area contributed by atoms with Crippen LogP contribution in [-0.2, 0) is 0 Å². The number of nitrogens with one attached hydrogen (secondary N) is 2. The van der Waals surface area contributed by atoms with E-state index in [9.17, 15) is 4.79 Å². The second-order valence-electron chi connectivity index (χ2n) is 6.25. The summed E-state index contributed by atoms with van der Waals surface area (Å²) in [6, 6.07) is 9.76. The third-order valence-corrected chi connectivity index (χ3v) is 3.50. The molecule has 0 atom stereocenters. The summed E-state index contributed by atoms with van der Waals surface area (Å²) in [7, 11) is 0. The highest BCUT2D eigenvalue weighted by atomic mass is 16.1. The second kappa shape index (κ2) is 7.22. The summed E-state index contributed by atoms with van der Waals surface area (Å²) in [6.45, 7) is 10.2. The maximum Gasteiger partial charge on any atom is 0.271 e. The Balaban J connectivity index is 2.21. The van der Waals surface area contributed by atoms with E-state index in [1.54, 1.807) is 12.1 Å². The second-order valence-corrected chi connectivity index (χ2v) is 6.25. The van der Waals surface area contributed by atoms with Gasteiger partial charge in [0.15, 0.2) is 11.5 Å². The summed E-state index contributed by atoms with van der Waals surface area (Å²) in [6.07, 6.45) is 0. The molecule has 2 aromatic rings. The normalized spacial score (nSPS) is 10.9. The molecule has 5 nitrogen and oxygen atoms in total. The van der Waals surface area contributed by atoms with Crippen LogP contribution in [0.25, 0.3) is 0 Å². The molecule has 0 unspecified atom stereocenters. The van der Waals surface area contributed by atoms with Crippen molar-refractivity contribution in [1.29, 1.82) is 0 Å². The van der Waals surface area contributed by atoms with Crippen LogP contribution in [0.15, 0.2) is 30.3 Å². The van der Waals surface area contributed by atoms with E-state index in [0.29, 0.717) is 17.4 Å². The average Bonchev–Trinajstić information content (AvgIpc) is 2.49. The van der Waals surface area contributed by atoms with E-state index in [-0.39, 0.29) is 11.9 Å². The van der Waals surface area contributed by atoms with E-state index in [2.05, 4.69) is 59.8 Å². The maximum absolute atomic E-state index is 11.9. The van der Waals surface area contributed by atoms with Gasteiger partial charge in [-0.25, -0.2) is 0 Å². The van der Waals surface area contributed by atoms with Crippen LogP contribution in [0.2, 0.25) is 0 Å². The van der Waals surface area contributed by atoms with Gasteiger partial charge < -0.3 is 10.6 Å². The first kappa shape index (κ1) is 16.9. The molecule has 0 aliphatic rings. The summed E-state index contributed by atoms with van der Waals surface area (Å²) in [5, 5.41) is 14.3. The van der Waals surface area contributed by atoms with E-state index < -0.39 is 0 Å². The highest BCUT2D eigenvalue weighted by Gasteiger charge is 2.12. The number of carbonyl (C=O) groups is 1. The summed E-state index contributed by atoms with van der Waals surface area (Å²) in [5.41, 5.74) is 3.75. The number of aryl methyl sites for hydroxylation is 1. The summed E-state index contributed by atoms with van der Waals surface area (Å²) in [5.74, 6) is 0.821. The van der Waals surface area contributed by atoms with Crippen LogP contribution in [0.4, 0.5) is 11.5 Å². The zero-order valence-electron chi connectivity index (χ0n) is 14.3. The number of aromatic nitrogens is 2. The Labute approximate surface area is 137 Å². The van der Waals surface area contributed by atoms with Crippen molar-refractivity contribution in [2.24, 2.45) is 0 Å². The predicted molar refractivity (Wildman–Crippen MR) is 93.2 cm³/mol. The van der Waals surface area contributed by atoms with Gasteiger partial charge in [-0.1, -0.05) is 32.0 Å². The highest BCUT2D eigenvalue weighted by Crippen LogP contribution is 2.29. The largest absolute Gasteiger partial charge is 0.348 e. The fourth-order valence-electron chi connectivity index (χ4n) is 2.33. The molecule has 0 bridgehead atoms. The van der Waals surface area contributed by atoms with Crippen molar-refractivity contribution < 1.29 is 4.79 Å². The summed E-state index contributed by atoms with van der Waals surface area (Å²) < 4.78 is 0. The summed E-state index contributed by atoms with van der Waals surface area (Å²) >= 11 is 0. The highest BCUT2D eigenvalue weighted by molar-refractivity contribution is 5.92. The van der Waals surface area contributed by atoms with Gasteiger partial charge in [0.1, 0.15) is 0 Å². The van der Waals surface area contributed by atoms with Gasteiger partial charge in [-0.15, -0.1) is 10.2 Å². The van der Waals surface area contributed by atoms with Gasteiger partial charge in [-0.05, 0) is 49.9 Å². The zero-order valence-corrected chi connectivity index (χ0v) is 14.3. The van der Waals surface area contributed by atoms with E-state index in [0.717, 1.165) is 11.3 Å². The Hall–Kier alpha value is -2.43. The minimum absolute atomic E-state index is 0.0719. The van der Waals surface area contributed by atoms with E-state index >= 15 is 0 Å². The Morgan fingerprint density at radius 3 is 2.35 bits per heavy atom. The first-order chi connectivity index (χ1) is 10.9. The average molecular weight is 312 g/mol. The van der Waals surface area contributed by atoms with Gasteiger partial charge in [-0.3, -0.25) is 4.79 Å². The van der Waals surface area contributed by atoms with Crippen LogP contribution in [0.5, 0.6) is 0 Å². The van der Waals surface area contributed by atoms with Gasteiger partial charge >= 0.3 is 0 Å². The smallest absolute Gasteiger partial charge is 0.271 e. The number of anilines is 2. The molecular weight excluding hydrogens is 288 g/mol. The molecule has 122 valence electrons. The Morgan fingerprint density at radius 1 is 1.04 bits per heavy atom. The maximum atomic E-state index is 11.9. The minimum Gasteiger partial charge on any atom is -0.348 e. The molecule has 0 aliphatic heterocycles.